The number of phenols is 1. The molecule has 1 atom stereocenters. The van der Waals surface area contributed by atoms with Crippen molar-refractivity contribution < 1.29 is 32.6 Å². The second-order valence-corrected chi connectivity index (χ2v) is 9.10. The zero-order chi connectivity index (χ0) is 27.4. The number of phenolic OH excluding ortho intramolecular Hbond substituents is 1. The largest absolute Gasteiger partial charge is 0.507 e. The lowest BCUT2D eigenvalue weighted by Crippen LogP contribution is -2.39. The van der Waals surface area contributed by atoms with E-state index < -0.39 is 29.5 Å². The SMILES string of the molecule is O=C(N[C@@H](CO)Cc1ccc(-c2ccc(F)c(Cl)c2)cc1)c1cc(-c2ccc(C(F)(F)F)cc2)ccc1O. The summed E-state index contributed by atoms with van der Waals surface area (Å²) in [7, 11) is 0. The molecule has 0 aliphatic carbocycles. The number of aromatic hydroxyl groups is 1. The van der Waals surface area contributed by atoms with Crippen LogP contribution in [0.25, 0.3) is 22.3 Å². The Balaban J connectivity index is 1.46. The fourth-order valence-corrected chi connectivity index (χ4v) is 4.15. The summed E-state index contributed by atoms with van der Waals surface area (Å²) < 4.78 is 52.0. The van der Waals surface area contributed by atoms with Crippen molar-refractivity contribution in [1.29, 1.82) is 0 Å². The molecule has 0 unspecified atom stereocenters. The van der Waals surface area contributed by atoms with Crippen LogP contribution in [0.4, 0.5) is 17.6 Å². The van der Waals surface area contributed by atoms with Gasteiger partial charge in [0.2, 0.25) is 0 Å². The molecule has 1 amide bonds. The first kappa shape index (κ1) is 27.2. The summed E-state index contributed by atoms with van der Waals surface area (Å²) in [5.41, 5.74) is 2.36. The van der Waals surface area contributed by atoms with E-state index in [0.29, 0.717) is 11.1 Å². The van der Waals surface area contributed by atoms with Crippen molar-refractivity contribution in [3.05, 3.63) is 112 Å². The van der Waals surface area contributed by atoms with Crippen LogP contribution in [0.15, 0.2) is 84.9 Å². The standard InChI is InChI=1S/C29H22ClF4NO3/c30-25-15-21(7-11-26(25)31)18-3-1-17(2-4-18)13-23(16-36)35-28(38)24-14-20(8-12-27(24)37)19-5-9-22(10-6-19)29(32,33)34/h1-12,14-15,23,36-37H,13,16H2,(H,35,38)/t23-/m1/s1. The lowest BCUT2D eigenvalue weighted by Gasteiger charge is -2.18. The van der Waals surface area contributed by atoms with Crippen LogP contribution in [0.1, 0.15) is 21.5 Å². The topological polar surface area (TPSA) is 69.6 Å². The molecule has 38 heavy (non-hydrogen) atoms. The van der Waals surface area contributed by atoms with Gasteiger partial charge in [0, 0.05) is 0 Å². The molecule has 4 nitrogen and oxygen atoms in total. The summed E-state index contributed by atoms with van der Waals surface area (Å²) >= 11 is 5.86. The van der Waals surface area contributed by atoms with Gasteiger partial charge in [-0.15, -0.1) is 0 Å². The molecule has 0 heterocycles. The normalized spacial score (nSPS) is 12.3. The van der Waals surface area contributed by atoms with Crippen LogP contribution < -0.4 is 5.32 Å². The number of hydrogen-bond donors (Lipinski definition) is 3. The van der Waals surface area contributed by atoms with Crippen molar-refractivity contribution in [2.45, 2.75) is 18.6 Å². The van der Waals surface area contributed by atoms with E-state index in [4.69, 9.17) is 11.6 Å². The van der Waals surface area contributed by atoms with E-state index in [2.05, 4.69) is 5.32 Å². The number of aliphatic hydroxyl groups is 1. The number of amides is 1. The maximum absolute atomic E-state index is 13.4. The van der Waals surface area contributed by atoms with Crippen molar-refractivity contribution in [2.24, 2.45) is 0 Å². The molecule has 0 fully saturated rings. The van der Waals surface area contributed by atoms with Gasteiger partial charge in [-0.2, -0.15) is 13.2 Å². The van der Waals surface area contributed by atoms with Crippen LogP contribution in [-0.4, -0.2) is 28.8 Å². The summed E-state index contributed by atoms with van der Waals surface area (Å²) in [5.74, 6) is -1.46. The van der Waals surface area contributed by atoms with Crippen LogP contribution in [0, 0.1) is 5.82 Å². The molecule has 196 valence electrons. The van der Waals surface area contributed by atoms with Gasteiger partial charge in [0.05, 0.1) is 28.8 Å². The summed E-state index contributed by atoms with van der Waals surface area (Å²) in [5, 5.41) is 22.8. The molecule has 4 rings (SSSR count). The van der Waals surface area contributed by atoms with E-state index in [9.17, 15) is 32.6 Å². The maximum Gasteiger partial charge on any atom is 0.416 e. The minimum Gasteiger partial charge on any atom is -0.507 e. The Labute approximate surface area is 221 Å². The van der Waals surface area contributed by atoms with Crippen LogP contribution in [-0.2, 0) is 12.6 Å². The predicted octanol–water partition coefficient (Wildman–Crippen LogP) is 6.87. The van der Waals surface area contributed by atoms with Crippen LogP contribution in [0.3, 0.4) is 0 Å². The van der Waals surface area contributed by atoms with Crippen molar-refractivity contribution in [1.82, 2.24) is 5.32 Å². The Hall–Kier alpha value is -3.88. The Kier molecular flexibility index (Phi) is 8.04. The Morgan fingerprint density at radius 1 is 0.842 bits per heavy atom. The number of carbonyl (C=O) groups excluding carboxylic acids is 1. The molecule has 3 N–H and O–H groups in total. The summed E-state index contributed by atoms with van der Waals surface area (Å²) in [4.78, 5) is 12.9. The number of benzene rings is 4. The highest BCUT2D eigenvalue weighted by Crippen LogP contribution is 2.32. The Morgan fingerprint density at radius 2 is 1.39 bits per heavy atom. The molecule has 9 heteroatoms. The third-order valence-corrected chi connectivity index (χ3v) is 6.32. The summed E-state index contributed by atoms with van der Waals surface area (Å²) in [6, 6.07) is 19.6. The monoisotopic (exact) mass is 543 g/mol. The fourth-order valence-electron chi connectivity index (χ4n) is 3.97. The average molecular weight is 544 g/mol. The zero-order valence-electron chi connectivity index (χ0n) is 19.8. The lowest BCUT2D eigenvalue weighted by molar-refractivity contribution is -0.137. The van der Waals surface area contributed by atoms with Gasteiger partial charge in [0.1, 0.15) is 11.6 Å². The van der Waals surface area contributed by atoms with Crippen LogP contribution in [0.2, 0.25) is 5.02 Å². The van der Waals surface area contributed by atoms with Crippen molar-refractivity contribution in [3.8, 4) is 28.0 Å². The second kappa shape index (κ2) is 11.2. The number of halogens is 5. The molecule has 0 aliphatic rings. The molecular weight excluding hydrogens is 522 g/mol. The van der Waals surface area contributed by atoms with E-state index in [0.717, 1.165) is 28.8 Å². The van der Waals surface area contributed by atoms with Gasteiger partial charge < -0.3 is 15.5 Å². The first-order valence-electron chi connectivity index (χ1n) is 11.5. The quantitative estimate of drug-likeness (QED) is 0.223. The van der Waals surface area contributed by atoms with E-state index >= 15 is 0 Å². The molecule has 0 saturated heterocycles. The first-order valence-corrected chi connectivity index (χ1v) is 11.9. The number of alkyl halides is 3. The van der Waals surface area contributed by atoms with E-state index in [1.54, 1.807) is 6.07 Å². The van der Waals surface area contributed by atoms with Crippen LogP contribution >= 0.6 is 11.6 Å². The van der Waals surface area contributed by atoms with Gasteiger partial charge in [-0.25, -0.2) is 4.39 Å². The number of carbonyl (C=O) groups is 1. The number of rotatable bonds is 7. The highest BCUT2D eigenvalue weighted by molar-refractivity contribution is 6.31. The highest BCUT2D eigenvalue weighted by Gasteiger charge is 2.30. The van der Waals surface area contributed by atoms with E-state index in [1.165, 1.54) is 42.5 Å². The van der Waals surface area contributed by atoms with Crippen molar-refractivity contribution in [3.63, 3.8) is 0 Å². The minimum absolute atomic E-state index is 0.0141. The molecule has 0 spiro atoms. The summed E-state index contributed by atoms with van der Waals surface area (Å²) in [6.07, 6.45) is -4.18. The maximum atomic E-state index is 13.4. The fraction of sp³-hybridized carbons (Fsp3) is 0.138. The van der Waals surface area contributed by atoms with Gasteiger partial charge in [0.15, 0.2) is 0 Å². The van der Waals surface area contributed by atoms with Crippen molar-refractivity contribution in [2.75, 3.05) is 6.61 Å². The Morgan fingerprint density at radius 3 is 1.97 bits per heavy atom. The van der Waals surface area contributed by atoms with Crippen LogP contribution in [0.5, 0.6) is 5.75 Å². The minimum atomic E-state index is -4.47. The van der Waals surface area contributed by atoms with Gasteiger partial charge in [-0.05, 0) is 70.6 Å². The molecular formula is C29H22ClF4NO3. The summed E-state index contributed by atoms with van der Waals surface area (Å²) in [6.45, 7) is -0.375. The lowest BCUT2D eigenvalue weighted by atomic mass is 9.99. The molecule has 0 saturated carbocycles. The van der Waals surface area contributed by atoms with Gasteiger partial charge in [0.25, 0.3) is 5.91 Å². The average Bonchev–Trinajstić information content (AvgIpc) is 2.90. The van der Waals surface area contributed by atoms with Crippen molar-refractivity contribution >= 4 is 17.5 Å². The van der Waals surface area contributed by atoms with Gasteiger partial charge in [-0.1, -0.05) is 60.1 Å². The molecule has 0 bridgehead atoms. The van der Waals surface area contributed by atoms with E-state index in [1.807, 2.05) is 24.3 Å². The first-order chi connectivity index (χ1) is 18.0. The molecule has 0 aromatic heterocycles. The molecule has 0 radical (unpaired) electrons. The molecule has 4 aromatic carbocycles. The van der Waals surface area contributed by atoms with Gasteiger partial charge in [-0.3, -0.25) is 4.79 Å². The van der Waals surface area contributed by atoms with E-state index in [-0.39, 0.29) is 29.4 Å². The smallest absolute Gasteiger partial charge is 0.416 e. The number of nitrogens with one attached hydrogen (secondary N) is 1. The third kappa shape index (κ3) is 6.33. The highest BCUT2D eigenvalue weighted by atomic mass is 35.5. The predicted molar refractivity (Wildman–Crippen MR) is 137 cm³/mol. The second-order valence-electron chi connectivity index (χ2n) is 8.69. The zero-order valence-corrected chi connectivity index (χ0v) is 20.5. The Bertz CT molecular complexity index is 1440. The number of hydrogen-bond acceptors (Lipinski definition) is 3. The third-order valence-electron chi connectivity index (χ3n) is 6.03. The van der Waals surface area contributed by atoms with Gasteiger partial charge >= 0.3 is 6.18 Å². The molecule has 4 aromatic rings. The molecule has 0 aliphatic heterocycles. The number of aliphatic hydroxyl groups excluding tert-OH is 1.